The van der Waals surface area contributed by atoms with Gasteiger partial charge in [0.25, 0.3) is 0 Å². The largest absolute Gasteiger partial charge is 0.480 e. The van der Waals surface area contributed by atoms with Crippen molar-refractivity contribution in [2.75, 3.05) is 5.32 Å². The zero-order valence-corrected chi connectivity index (χ0v) is 30.8. The van der Waals surface area contributed by atoms with Crippen LogP contribution in [0.1, 0.15) is 46.2 Å². The fraction of sp³-hybridized carbons (Fsp3) is 0.262. The summed E-state index contributed by atoms with van der Waals surface area (Å²) >= 11 is 0. The molecule has 6 rings (SSSR count). The maximum Gasteiger partial charge on any atom is 0.416 e. The van der Waals surface area contributed by atoms with Gasteiger partial charge in [-0.05, 0) is 52.6 Å². The number of carbonyl (C=O) groups is 6. The Balaban J connectivity index is 1.54. The van der Waals surface area contributed by atoms with E-state index in [1.165, 1.54) is 18.2 Å². The highest BCUT2D eigenvalue weighted by Gasteiger charge is 2.34. The molecular formula is C42H39F3N6O7. The predicted molar refractivity (Wildman–Crippen MR) is 204 cm³/mol. The average Bonchev–Trinajstić information content (AvgIpc) is 3.19. The summed E-state index contributed by atoms with van der Waals surface area (Å²) in [7, 11) is 0. The summed E-state index contributed by atoms with van der Waals surface area (Å²) in [5, 5.41) is 32.7. The summed E-state index contributed by atoms with van der Waals surface area (Å²) in [5.74, 6) is -5.37. The summed E-state index contributed by atoms with van der Waals surface area (Å²) in [6.07, 6.45) is -6.22. The van der Waals surface area contributed by atoms with Crippen molar-refractivity contribution in [1.82, 2.24) is 21.3 Å². The zero-order chi connectivity index (χ0) is 41.8. The summed E-state index contributed by atoms with van der Waals surface area (Å²) in [6.45, 7) is 0. The standard InChI is InChI=1S/C42H39F3N6O7/c43-42(44,45)30-14-10-26(11-15-30)21-33-38(54)49-32(20-25-6-2-1-3-7-25)39(55)51-35(41(57)58)22-27-12-16-31(17-13-27)47-36(52)18-19-37(53)48-34(40(56)50-33)23-28-8-4-5-9-29(28)24-46/h1-17,32-35H,18-23H2,(H,47,52)(H,48,53)(H,49,54)(H,50,56)(H,51,55)(H,57,58)/t32-,33+,34?,35+/m1/s1. The summed E-state index contributed by atoms with van der Waals surface area (Å²) in [4.78, 5) is 80.7. The molecule has 0 aliphatic carbocycles. The van der Waals surface area contributed by atoms with E-state index in [4.69, 9.17) is 0 Å². The minimum Gasteiger partial charge on any atom is -0.480 e. The van der Waals surface area contributed by atoms with Crippen LogP contribution in [-0.2, 0) is 60.6 Å². The Morgan fingerprint density at radius 2 is 1.19 bits per heavy atom. The smallest absolute Gasteiger partial charge is 0.416 e. The molecule has 0 saturated heterocycles. The first kappa shape index (κ1) is 42.1. The first-order valence-electron chi connectivity index (χ1n) is 18.2. The Kier molecular flexibility index (Phi) is 14.0. The lowest BCUT2D eigenvalue weighted by Gasteiger charge is -2.26. The number of anilines is 1. The van der Waals surface area contributed by atoms with E-state index >= 15 is 0 Å². The second kappa shape index (κ2) is 19.2. The minimum atomic E-state index is -4.65. The number of carbonyl (C=O) groups excluding carboxylic acids is 5. The van der Waals surface area contributed by atoms with E-state index in [-0.39, 0.29) is 49.7 Å². The van der Waals surface area contributed by atoms with E-state index in [2.05, 4.69) is 26.6 Å². The van der Waals surface area contributed by atoms with E-state index in [9.17, 15) is 52.3 Å². The van der Waals surface area contributed by atoms with Gasteiger partial charge in [-0.3, -0.25) is 24.0 Å². The number of carboxylic acid groups (broad SMARTS) is 1. The fourth-order valence-corrected chi connectivity index (χ4v) is 6.26. The molecule has 4 aromatic rings. The molecule has 0 radical (unpaired) electrons. The number of halogens is 3. The van der Waals surface area contributed by atoms with Gasteiger partial charge in [0.05, 0.1) is 17.2 Å². The number of nitrogens with one attached hydrogen (secondary N) is 5. The Bertz CT molecular complexity index is 2170. The van der Waals surface area contributed by atoms with Crippen LogP contribution in [0.4, 0.5) is 18.9 Å². The molecule has 0 spiro atoms. The van der Waals surface area contributed by atoms with Gasteiger partial charge in [0.1, 0.15) is 24.2 Å². The van der Waals surface area contributed by atoms with E-state index in [0.717, 1.165) is 24.3 Å². The third-order valence-electron chi connectivity index (χ3n) is 9.35. The van der Waals surface area contributed by atoms with Gasteiger partial charge in [0, 0.05) is 44.2 Å². The number of hydrogen-bond donors (Lipinski definition) is 6. The number of rotatable bonds is 7. The molecule has 13 nitrogen and oxygen atoms in total. The molecule has 0 fully saturated rings. The lowest BCUT2D eigenvalue weighted by Crippen LogP contribution is -2.59. The number of fused-ring (bicyclic) bond motifs is 18. The van der Waals surface area contributed by atoms with Crippen LogP contribution in [0.5, 0.6) is 0 Å². The van der Waals surface area contributed by atoms with Crippen LogP contribution in [0.3, 0.4) is 0 Å². The van der Waals surface area contributed by atoms with E-state index in [1.807, 2.05) is 6.07 Å². The van der Waals surface area contributed by atoms with Crippen molar-refractivity contribution >= 4 is 41.2 Å². The van der Waals surface area contributed by atoms with Gasteiger partial charge < -0.3 is 31.7 Å². The van der Waals surface area contributed by atoms with E-state index in [1.54, 1.807) is 60.7 Å². The number of nitriles is 1. The number of hydrogen-bond acceptors (Lipinski definition) is 7. The van der Waals surface area contributed by atoms with Crippen molar-refractivity contribution in [2.24, 2.45) is 0 Å². The Morgan fingerprint density at radius 3 is 1.78 bits per heavy atom. The van der Waals surface area contributed by atoms with Gasteiger partial charge in [-0.2, -0.15) is 18.4 Å². The minimum absolute atomic E-state index is 0.121. The quantitative estimate of drug-likeness (QED) is 0.152. The maximum absolute atomic E-state index is 14.2. The second-order valence-electron chi connectivity index (χ2n) is 13.7. The Morgan fingerprint density at radius 1 is 0.655 bits per heavy atom. The van der Waals surface area contributed by atoms with Crippen LogP contribution in [0.15, 0.2) is 103 Å². The van der Waals surface area contributed by atoms with Gasteiger partial charge in [-0.25, -0.2) is 4.79 Å². The number of benzene rings is 4. The Labute approximate surface area is 331 Å². The number of carboxylic acids is 1. The van der Waals surface area contributed by atoms with Gasteiger partial charge in [0.2, 0.25) is 29.5 Å². The Hall–Kier alpha value is -7.02. The summed E-state index contributed by atoms with van der Waals surface area (Å²) < 4.78 is 40.2. The summed E-state index contributed by atoms with van der Waals surface area (Å²) in [6, 6.07) is 21.0. The number of nitrogens with zero attached hydrogens (tertiary/aromatic N) is 1. The van der Waals surface area contributed by atoms with Crippen molar-refractivity contribution in [3.63, 3.8) is 0 Å². The molecule has 1 unspecified atom stereocenters. The highest BCUT2D eigenvalue weighted by Crippen LogP contribution is 2.29. The van der Waals surface area contributed by atoms with Crippen molar-refractivity contribution in [3.8, 4) is 6.07 Å². The fourth-order valence-electron chi connectivity index (χ4n) is 6.26. The predicted octanol–water partition coefficient (Wildman–Crippen LogP) is 3.60. The third kappa shape index (κ3) is 12.0. The van der Waals surface area contributed by atoms with Crippen molar-refractivity contribution in [3.05, 3.63) is 137 Å². The molecule has 0 aromatic heterocycles. The number of alkyl halides is 3. The van der Waals surface area contributed by atoms with Gasteiger partial charge >= 0.3 is 12.1 Å². The molecule has 16 heteroatoms. The first-order chi connectivity index (χ1) is 27.7. The van der Waals surface area contributed by atoms with E-state index < -0.39 is 71.4 Å². The van der Waals surface area contributed by atoms with Crippen molar-refractivity contribution in [2.45, 2.75) is 68.9 Å². The lowest BCUT2D eigenvalue weighted by atomic mass is 9.98. The van der Waals surface area contributed by atoms with Crippen LogP contribution >= 0.6 is 0 Å². The average molecular weight is 797 g/mol. The monoisotopic (exact) mass is 796 g/mol. The van der Waals surface area contributed by atoms with E-state index in [0.29, 0.717) is 22.4 Å². The highest BCUT2D eigenvalue weighted by atomic mass is 19.4. The molecule has 58 heavy (non-hydrogen) atoms. The van der Waals surface area contributed by atoms with Crippen LogP contribution in [-0.4, -0.2) is 64.8 Å². The van der Waals surface area contributed by atoms with Gasteiger partial charge in [-0.15, -0.1) is 0 Å². The van der Waals surface area contributed by atoms with Crippen LogP contribution < -0.4 is 26.6 Å². The SMILES string of the molecule is N#Cc1ccccc1CC1NC(=O)CCC(=O)Nc2ccc(cc2)C[C@@H](C(=O)O)NC(=O)[C@@H](Cc2ccccc2)NC(=O)[C@H](Cc2ccc(C(F)(F)F)cc2)NC1=O. The van der Waals surface area contributed by atoms with Crippen LogP contribution in [0.2, 0.25) is 0 Å². The second-order valence-corrected chi connectivity index (χ2v) is 13.7. The molecule has 0 saturated carbocycles. The molecular weight excluding hydrogens is 757 g/mol. The van der Waals surface area contributed by atoms with Gasteiger partial charge in [-0.1, -0.05) is 72.8 Å². The van der Waals surface area contributed by atoms with Crippen molar-refractivity contribution < 1.29 is 47.0 Å². The topological polar surface area (TPSA) is 207 Å². The normalized spacial score (nSPS) is 19.9. The summed E-state index contributed by atoms with van der Waals surface area (Å²) in [5.41, 5.74) is 1.24. The number of amides is 5. The highest BCUT2D eigenvalue weighted by molar-refractivity contribution is 5.97. The molecule has 2 aliphatic rings. The molecule has 4 atom stereocenters. The molecule has 5 amide bonds. The lowest BCUT2D eigenvalue weighted by molar-refractivity contribution is -0.142. The third-order valence-corrected chi connectivity index (χ3v) is 9.35. The van der Waals surface area contributed by atoms with Crippen LogP contribution in [0, 0.1) is 11.3 Å². The molecule has 2 heterocycles. The van der Waals surface area contributed by atoms with Crippen molar-refractivity contribution in [1.29, 1.82) is 5.26 Å². The van der Waals surface area contributed by atoms with Crippen LogP contribution in [0.25, 0.3) is 0 Å². The van der Waals surface area contributed by atoms with Gasteiger partial charge in [0.15, 0.2) is 0 Å². The number of aliphatic carboxylic acids is 1. The molecule has 2 bridgehead atoms. The molecule has 6 N–H and O–H groups in total. The molecule has 4 aromatic carbocycles. The zero-order valence-electron chi connectivity index (χ0n) is 30.8. The molecule has 2 aliphatic heterocycles. The maximum atomic E-state index is 14.2. The first-order valence-corrected chi connectivity index (χ1v) is 18.2. The molecule has 300 valence electrons.